The van der Waals surface area contributed by atoms with Crippen LogP contribution in [0.3, 0.4) is 0 Å². The Morgan fingerprint density at radius 1 is 1.31 bits per heavy atom. The third-order valence-electron chi connectivity index (χ3n) is 5.80. The Hall–Kier alpha value is -1.85. The van der Waals surface area contributed by atoms with Crippen molar-refractivity contribution in [3.05, 3.63) is 17.0 Å². The molecule has 1 aromatic rings. The second-order valence-electron chi connectivity index (χ2n) is 8.58. The Morgan fingerprint density at radius 3 is 2.77 bits per heavy atom. The lowest BCUT2D eigenvalue weighted by Gasteiger charge is -2.34. The number of rotatable bonds is 3. The third-order valence-corrected chi connectivity index (χ3v) is 5.80. The van der Waals surface area contributed by atoms with Gasteiger partial charge in [-0.3, -0.25) is 9.59 Å². The van der Waals surface area contributed by atoms with E-state index in [1.54, 1.807) is 11.8 Å². The molecule has 144 valence electrons. The molecule has 2 atom stereocenters. The molecule has 2 heterocycles. The molecule has 1 amide bonds. The Labute approximate surface area is 155 Å². The van der Waals surface area contributed by atoms with Gasteiger partial charge in [-0.15, -0.1) is 0 Å². The topological polar surface area (TPSA) is 72.6 Å². The average molecular weight is 362 g/mol. The molecule has 1 aromatic heterocycles. The predicted octanol–water partition coefficient (Wildman–Crippen LogP) is 3.24. The first kappa shape index (κ1) is 18.9. The number of carbonyl (C=O) groups excluding carboxylic acids is 2. The van der Waals surface area contributed by atoms with E-state index in [1.165, 1.54) is 0 Å². The van der Waals surface area contributed by atoms with Gasteiger partial charge in [0.15, 0.2) is 5.69 Å². The number of carbonyl (C=O) groups is 2. The van der Waals surface area contributed by atoms with Crippen molar-refractivity contribution in [2.24, 2.45) is 17.3 Å². The molecule has 0 saturated carbocycles. The van der Waals surface area contributed by atoms with Crippen molar-refractivity contribution in [3.63, 3.8) is 0 Å². The molecule has 2 aliphatic rings. The highest BCUT2D eigenvalue weighted by atomic mass is 16.5. The van der Waals surface area contributed by atoms with Crippen LogP contribution < -0.4 is 0 Å². The number of amides is 1. The summed E-state index contributed by atoms with van der Waals surface area (Å²) in [5.41, 5.74) is 1.60. The van der Waals surface area contributed by atoms with Crippen LogP contribution in [0, 0.1) is 17.3 Å². The maximum Gasteiger partial charge on any atom is 0.310 e. The minimum atomic E-state index is -0.238. The molecule has 1 fully saturated rings. The van der Waals surface area contributed by atoms with Crippen LogP contribution in [0.15, 0.2) is 4.52 Å². The number of hydrogen-bond donors (Lipinski definition) is 0. The SMILES string of the molecule is CCOC(=O)[C@H]1CCCN(C(=O)c2noc3c2C[C@H](C(C)(C)C)CC3)C1. The summed E-state index contributed by atoms with van der Waals surface area (Å²) >= 11 is 0. The minimum absolute atomic E-state index is 0.112. The molecule has 1 saturated heterocycles. The van der Waals surface area contributed by atoms with Crippen LogP contribution in [0.4, 0.5) is 0 Å². The van der Waals surface area contributed by atoms with Crippen LogP contribution in [0.1, 0.15) is 68.8 Å². The van der Waals surface area contributed by atoms with E-state index in [-0.39, 0.29) is 23.2 Å². The first-order valence-electron chi connectivity index (χ1n) is 9.74. The maximum absolute atomic E-state index is 13.1. The van der Waals surface area contributed by atoms with Gasteiger partial charge in [0.2, 0.25) is 0 Å². The van der Waals surface area contributed by atoms with Gasteiger partial charge in [0.25, 0.3) is 5.91 Å². The standard InChI is InChI=1S/C20H30N2O4/c1-5-25-19(24)13-7-6-10-22(12-13)18(23)17-15-11-14(20(2,3)4)8-9-16(15)26-21-17/h13-14H,5-12H2,1-4H3/t13-,14+/m0/s1. The van der Waals surface area contributed by atoms with E-state index in [0.29, 0.717) is 31.3 Å². The normalized spacial score (nSPS) is 23.5. The van der Waals surface area contributed by atoms with Gasteiger partial charge in [-0.2, -0.15) is 0 Å². The first-order valence-corrected chi connectivity index (χ1v) is 9.74. The number of nitrogens with zero attached hydrogens (tertiary/aromatic N) is 2. The van der Waals surface area contributed by atoms with Crippen LogP contribution in [0.5, 0.6) is 0 Å². The number of piperidine rings is 1. The van der Waals surface area contributed by atoms with E-state index in [4.69, 9.17) is 9.26 Å². The van der Waals surface area contributed by atoms with Crippen molar-refractivity contribution in [3.8, 4) is 0 Å². The van der Waals surface area contributed by atoms with Crippen LogP contribution in [0.2, 0.25) is 0 Å². The van der Waals surface area contributed by atoms with Gasteiger partial charge in [-0.05, 0) is 43.9 Å². The average Bonchev–Trinajstić information content (AvgIpc) is 3.04. The lowest BCUT2D eigenvalue weighted by molar-refractivity contribution is -0.149. The summed E-state index contributed by atoms with van der Waals surface area (Å²) in [6.45, 7) is 9.96. The number of aromatic nitrogens is 1. The fourth-order valence-electron chi connectivity index (χ4n) is 4.08. The van der Waals surface area contributed by atoms with Gasteiger partial charge in [0.05, 0.1) is 12.5 Å². The maximum atomic E-state index is 13.1. The summed E-state index contributed by atoms with van der Waals surface area (Å²) in [6, 6.07) is 0. The summed E-state index contributed by atoms with van der Waals surface area (Å²) in [6.07, 6.45) is 4.31. The lowest BCUT2D eigenvalue weighted by Crippen LogP contribution is -2.43. The lowest BCUT2D eigenvalue weighted by atomic mass is 9.71. The minimum Gasteiger partial charge on any atom is -0.466 e. The highest BCUT2D eigenvalue weighted by Gasteiger charge is 2.37. The van der Waals surface area contributed by atoms with E-state index >= 15 is 0 Å². The third kappa shape index (κ3) is 3.79. The van der Waals surface area contributed by atoms with Crippen molar-refractivity contribution < 1.29 is 18.8 Å². The molecule has 0 radical (unpaired) electrons. The van der Waals surface area contributed by atoms with E-state index in [2.05, 4.69) is 25.9 Å². The highest BCUT2D eigenvalue weighted by Crippen LogP contribution is 2.38. The first-order chi connectivity index (χ1) is 12.3. The fraction of sp³-hybridized carbons (Fsp3) is 0.750. The van der Waals surface area contributed by atoms with Crippen LogP contribution in [0.25, 0.3) is 0 Å². The molecular formula is C20H30N2O4. The van der Waals surface area contributed by atoms with Gasteiger partial charge in [0, 0.05) is 25.1 Å². The number of hydrogen-bond acceptors (Lipinski definition) is 5. The monoisotopic (exact) mass is 362 g/mol. The van der Waals surface area contributed by atoms with Crippen LogP contribution in [-0.2, 0) is 22.4 Å². The smallest absolute Gasteiger partial charge is 0.310 e. The molecule has 3 rings (SSSR count). The van der Waals surface area contributed by atoms with Crippen molar-refractivity contribution in [2.45, 2.75) is 59.8 Å². The van der Waals surface area contributed by atoms with Crippen molar-refractivity contribution in [1.82, 2.24) is 10.1 Å². The van der Waals surface area contributed by atoms with E-state index < -0.39 is 0 Å². The second kappa shape index (κ2) is 7.41. The molecule has 6 nitrogen and oxygen atoms in total. The molecule has 0 unspecified atom stereocenters. The summed E-state index contributed by atoms with van der Waals surface area (Å²) in [7, 11) is 0. The molecule has 26 heavy (non-hydrogen) atoms. The zero-order valence-electron chi connectivity index (χ0n) is 16.3. The molecule has 1 aliphatic heterocycles. The quantitative estimate of drug-likeness (QED) is 0.772. The van der Waals surface area contributed by atoms with Crippen LogP contribution >= 0.6 is 0 Å². The van der Waals surface area contributed by atoms with Gasteiger partial charge in [-0.25, -0.2) is 0 Å². The Bertz CT molecular complexity index is 674. The van der Waals surface area contributed by atoms with Crippen molar-refractivity contribution in [1.29, 1.82) is 0 Å². The van der Waals surface area contributed by atoms with Gasteiger partial charge >= 0.3 is 5.97 Å². The number of aryl methyl sites for hydroxylation is 1. The summed E-state index contributed by atoms with van der Waals surface area (Å²) < 4.78 is 10.6. The Balaban J connectivity index is 1.75. The van der Waals surface area contributed by atoms with E-state index in [9.17, 15) is 9.59 Å². The molecular weight excluding hydrogens is 332 g/mol. The number of esters is 1. The summed E-state index contributed by atoms with van der Waals surface area (Å²) in [5.74, 6) is 0.804. The molecule has 0 spiro atoms. The van der Waals surface area contributed by atoms with Crippen molar-refractivity contribution in [2.75, 3.05) is 19.7 Å². The van der Waals surface area contributed by atoms with E-state index in [0.717, 1.165) is 43.4 Å². The molecule has 6 heteroatoms. The summed E-state index contributed by atoms with van der Waals surface area (Å²) in [4.78, 5) is 26.9. The molecule has 0 aromatic carbocycles. The molecule has 1 aliphatic carbocycles. The van der Waals surface area contributed by atoms with E-state index in [1.807, 2.05) is 0 Å². The largest absolute Gasteiger partial charge is 0.466 e. The zero-order valence-corrected chi connectivity index (χ0v) is 16.3. The van der Waals surface area contributed by atoms with Crippen LogP contribution in [-0.4, -0.2) is 41.6 Å². The van der Waals surface area contributed by atoms with Gasteiger partial charge in [0.1, 0.15) is 5.76 Å². The number of likely N-dealkylation sites (tertiary alicyclic amines) is 1. The zero-order chi connectivity index (χ0) is 18.9. The highest BCUT2D eigenvalue weighted by molar-refractivity contribution is 5.94. The summed E-state index contributed by atoms with van der Waals surface area (Å²) in [5, 5.41) is 4.11. The number of ether oxygens (including phenoxy) is 1. The van der Waals surface area contributed by atoms with Crippen molar-refractivity contribution >= 4 is 11.9 Å². The molecule has 0 bridgehead atoms. The van der Waals surface area contributed by atoms with Gasteiger partial charge in [-0.1, -0.05) is 25.9 Å². The molecule has 0 N–H and O–H groups in total. The predicted molar refractivity (Wildman–Crippen MR) is 96.7 cm³/mol. The number of fused-ring (bicyclic) bond motifs is 1. The Kier molecular flexibility index (Phi) is 5.39. The van der Waals surface area contributed by atoms with Gasteiger partial charge < -0.3 is 14.2 Å². The second-order valence-corrected chi connectivity index (χ2v) is 8.58. The fourth-order valence-corrected chi connectivity index (χ4v) is 4.08. The Morgan fingerprint density at radius 2 is 2.08 bits per heavy atom.